The van der Waals surface area contributed by atoms with Crippen molar-refractivity contribution in [1.29, 1.82) is 0 Å². The molecule has 1 N–H and O–H groups in total. The predicted molar refractivity (Wildman–Crippen MR) is 116 cm³/mol. The molecule has 4 rings (SSSR count). The molecule has 3 aromatic rings. The Hall–Kier alpha value is -3.74. The molecule has 0 unspecified atom stereocenters. The van der Waals surface area contributed by atoms with Gasteiger partial charge in [0.05, 0.1) is 30.5 Å². The molecule has 0 saturated heterocycles. The van der Waals surface area contributed by atoms with Gasteiger partial charge in [0.1, 0.15) is 11.6 Å². The Morgan fingerprint density at radius 2 is 2.00 bits per heavy atom. The lowest BCUT2D eigenvalue weighted by molar-refractivity contribution is -0.118. The van der Waals surface area contributed by atoms with Crippen molar-refractivity contribution in [3.63, 3.8) is 0 Å². The second kappa shape index (κ2) is 8.95. The molecule has 2 heterocycles. The Bertz CT molecular complexity index is 1130. The van der Waals surface area contributed by atoms with Crippen LogP contribution in [0.3, 0.4) is 0 Å². The molecule has 0 fully saturated rings. The maximum atomic E-state index is 13.4. The van der Waals surface area contributed by atoms with Crippen molar-refractivity contribution in [3.8, 4) is 5.75 Å². The summed E-state index contributed by atoms with van der Waals surface area (Å²) in [5, 5.41) is 2.67. The van der Waals surface area contributed by atoms with E-state index in [1.54, 1.807) is 24.1 Å². The molecule has 0 radical (unpaired) electrons. The van der Waals surface area contributed by atoms with Crippen molar-refractivity contribution in [2.75, 3.05) is 23.9 Å². The van der Waals surface area contributed by atoms with E-state index in [4.69, 9.17) is 4.74 Å². The zero-order valence-corrected chi connectivity index (χ0v) is 17.1. The van der Waals surface area contributed by atoms with Gasteiger partial charge in [0.2, 0.25) is 5.91 Å². The maximum Gasteiger partial charge on any atom is 0.257 e. The average Bonchev–Trinajstić information content (AvgIpc) is 2.78. The van der Waals surface area contributed by atoms with E-state index in [1.807, 2.05) is 24.3 Å². The molecule has 1 aromatic heterocycles. The van der Waals surface area contributed by atoms with Crippen molar-refractivity contribution in [2.45, 2.75) is 19.3 Å². The first-order valence-corrected chi connectivity index (χ1v) is 10.0. The number of fused-ring (bicyclic) bond motifs is 1. The van der Waals surface area contributed by atoms with Gasteiger partial charge in [-0.25, -0.2) is 4.39 Å². The maximum absolute atomic E-state index is 13.4. The van der Waals surface area contributed by atoms with Gasteiger partial charge < -0.3 is 15.0 Å². The summed E-state index contributed by atoms with van der Waals surface area (Å²) >= 11 is 0. The summed E-state index contributed by atoms with van der Waals surface area (Å²) in [7, 11) is 1.58. The minimum atomic E-state index is -0.436. The first-order valence-electron chi connectivity index (χ1n) is 10.0. The highest BCUT2D eigenvalue weighted by Gasteiger charge is 2.25. The van der Waals surface area contributed by atoms with E-state index in [-0.39, 0.29) is 12.3 Å². The molecule has 2 amide bonds. The Morgan fingerprint density at radius 3 is 2.81 bits per heavy atom. The van der Waals surface area contributed by atoms with Gasteiger partial charge in [0.25, 0.3) is 5.91 Å². The number of aromatic nitrogens is 1. The highest BCUT2D eigenvalue weighted by atomic mass is 19.1. The third kappa shape index (κ3) is 4.55. The molecule has 7 heteroatoms. The lowest BCUT2D eigenvalue weighted by atomic mass is 10.0. The predicted octanol–water partition coefficient (Wildman–Crippen LogP) is 4.00. The zero-order chi connectivity index (χ0) is 21.8. The molecular weight excluding hydrogens is 397 g/mol. The number of aryl methyl sites for hydroxylation is 1. The number of nitrogens with zero attached hydrogens (tertiary/aromatic N) is 2. The highest BCUT2D eigenvalue weighted by molar-refractivity contribution is 6.05. The highest BCUT2D eigenvalue weighted by Crippen LogP contribution is 2.28. The number of anilines is 2. The van der Waals surface area contributed by atoms with Crippen molar-refractivity contribution in [1.82, 2.24) is 4.98 Å². The van der Waals surface area contributed by atoms with E-state index >= 15 is 0 Å². The third-order valence-electron chi connectivity index (χ3n) is 5.21. The number of nitrogens with one attached hydrogen (secondary N) is 1. The van der Waals surface area contributed by atoms with Crippen LogP contribution in [-0.4, -0.2) is 30.5 Å². The molecule has 2 aromatic carbocycles. The minimum absolute atomic E-state index is 0.0880. The van der Waals surface area contributed by atoms with Crippen LogP contribution in [0.4, 0.5) is 15.8 Å². The van der Waals surface area contributed by atoms with Gasteiger partial charge in [0, 0.05) is 24.0 Å². The smallest absolute Gasteiger partial charge is 0.257 e. The Kier molecular flexibility index (Phi) is 5.93. The van der Waals surface area contributed by atoms with Crippen LogP contribution >= 0.6 is 0 Å². The van der Waals surface area contributed by atoms with Crippen molar-refractivity contribution < 1.29 is 18.7 Å². The van der Waals surface area contributed by atoms with Crippen molar-refractivity contribution in [2.24, 2.45) is 0 Å². The topological polar surface area (TPSA) is 71.5 Å². The molecule has 0 bridgehead atoms. The number of hydrogen-bond acceptors (Lipinski definition) is 4. The lowest BCUT2D eigenvalue weighted by Gasteiger charge is -2.29. The number of amides is 2. The fourth-order valence-electron chi connectivity index (χ4n) is 3.69. The van der Waals surface area contributed by atoms with E-state index in [9.17, 15) is 14.0 Å². The number of ether oxygens (including phenoxy) is 1. The fraction of sp³-hybridized carbons (Fsp3) is 0.208. The summed E-state index contributed by atoms with van der Waals surface area (Å²) in [6.07, 6.45) is 3.21. The second-order valence-corrected chi connectivity index (χ2v) is 7.29. The van der Waals surface area contributed by atoms with E-state index in [1.165, 1.54) is 24.4 Å². The van der Waals surface area contributed by atoms with E-state index in [2.05, 4.69) is 10.3 Å². The molecule has 0 spiro atoms. The van der Waals surface area contributed by atoms with Crippen molar-refractivity contribution in [3.05, 3.63) is 83.4 Å². The number of methoxy groups -OCH3 is 1. The van der Waals surface area contributed by atoms with E-state index in [0.717, 1.165) is 24.1 Å². The molecule has 1 aliphatic rings. The van der Waals surface area contributed by atoms with Crippen LogP contribution in [0, 0.1) is 5.82 Å². The molecule has 31 heavy (non-hydrogen) atoms. The van der Waals surface area contributed by atoms with Gasteiger partial charge in [-0.1, -0.05) is 24.3 Å². The van der Waals surface area contributed by atoms with Crippen LogP contribution in [0.1, 0.15) is 28.0 Å². The zero-order valence-electron chi connectivity index (χ0n) is 17.1. The first-order chi connectivity index (χ1) is 15.0. The van der Waals surface area contributed by atoms with Crippen LogP contribution < -0.4 is 15.0 Å². The van der Waals surface area contributed by atoms with Crippen LogP contribution in [0.2, 0.25) is 0 Å². The lowest BCUT2D eigenvalue weighted by Crippen LogP contribution is -2.37. The summed E-state index contributed by atoms with van der Waals surface area (Å²) in [6.45, 7) is 0.553. The van der Waals surface area contributed by atoms with Gasteiger partial charge >= 0.3 is 0 Å². The molecule has 0 atom stereocenters. The molecule has 6 nitrogen and oxygen atoms in total. The quantitative estimate of drug-likeness (QED) is 0.679. The van der Waals surface area contributed by atoms with Gasteiger partial charge in [-0.3, -0.25) is 14.6 Å². The Labute approximate surface area is 179 Å². The second-order valence-electron chi connectivity index (χ2n) is 7.29. The van der Waals surface area contributed by atoms with Gasteiger partial charge in [0.15, 0.2) is 0 Å². The van der Waals surface area contributed by atoms with Crippen LogP contribution in [0.5, 0.6) is 5.75 Å². The summed E-state index contributed by atoms with van der Waals surface area (Å²) in [4.78, 5) is 31.9. The summed E-state index contributed by atoms with van der Waals surface area (Å²) < 4.78 is 18.8. The number of pyridine rings is 1. The van der Waals surface area contributed by atoms with Crippen molar-refractivity contribution >= 4 is 23.2 Å². The molecule has 0 aliphatic carbocycles. The Morgan fingerprint density at radius 1 is 1.16 bits per heavy atom. The van der Waals surface area contributed by atoms with E-state index in [0.29, 0.717) is 29.2 Å². The average molecular weight is 419 g/mol. The molecule has 0 saturated carbocycles. The molecule has 158 valence electrons. The summed E-state index contributed by atoms with van der Waals surface area (Å²) in [5.41, 5.74) is 2.88. The monoisotopic (exact) mass is 419 g/mol. The number of carbonyl (C=O) groups excluding carboxylic acids is 2. The van der Waals surface area contributed by atoms with Crippen LogP contribution in [0.25, 0.3) is 0 Å². The Balaban J connectivity index is 1.57. The molecule has 1 aliphatic heterocycles. The number of rotatable bonds is 5. The number of para-hydroxylation sites is 1. The number of carbonyl (C=O) groups is 2. The fourth-order valence-corrected chi connectivity index (χ4v) is 3.69. The van der Waals surface area contributed by atoms with Gasteiger partial charge in [-0.05, 0) is 43.2 Å². The van der Waals surface area contributed by atoms with Gasteiger partial charge in [-0.2, -0.15) is 0 Å². The molecular formula is C24H22FN3O3. The SMILES string of the molecule is COc1ccccc1CC(=O)N1CCCc2ncc(C(=O)Nc3cccc(F)c3)cc21. The van der Waals surface area contributed by atoms with Crippen LogP contribution in [0.15, 0.2) is 60.8 Å². The van der Waals surface area contributed by atoms with Crippen LogP contribution in [-0.2, 0) is 17.6 Å². The summed E-state index contributed by atoms with van der Waals surface area (Å²) in [5.74, 6) is -0.276. The third-order valence-corrected chi connectivity index (χ3v) is 5.21. The summed E-state index contributed by atoms with van der Waals surface area (Å²) in [6, 6.07) is 14.8. The largest absolute Gasteiger partial charge is 0.496 e. The number of benzene rings is 2. The minimum Gasteiger partial charge on any atom is -0.496 e. The van der Waals surface area contributed by atoms with E-state index < -0.39 is 11.7 Å². The first kappa shape index (κ1) is 20.5. The number of hydrogen-bond donors (Lipinski definition) is 1. The van der Waals surface area contributed by atoms with Gasteiger partial charge in [-0.15, -0.1) is 0 Å². The standard InChI is InChI=1S/C24H22FN3O3/c1-31-22-10-3-2-6-16(22)13-23(29)28-11-5-9-20-21(28)12-17(15-26-20)24(30)27-19-8-4-7-18(25)14-19/h2-4,6-8,10,12,14-15H,5,9,11,13H2,1H3,(H,27,30). The normalized spacial score (nSPS) is 12.8. The number of halogens is 1.